The van der Waals surface area contributed by atoms with Gasteiger partial charge in [-0.15, -0.1) is 0 Å². The molecule has 2 aromatic carbocycles. The van der Waals surface area contributed by atoms with Gasteiger partial charge in [-0.2, -0.15) is 0 Å². The predicted molar refractivity (Wildman–Crippen MR) is 122 cm³/mol. The number of carbonyl (C=O) groups is 1. The lowest BCUT2D eigenvalue weighted by atomic mass is 9.85. The average molecular weight is 439 g/mol. The SMILES string of the molecule is CO/C(N)=N\C(C)(c1ccc(OC)cc1)c1cccc(NC(=O)c2ccc(Cl)cn2)c1. The number of anilines is 1. The monoisotopic (exact) mass is 438 g/mol. The fourth-order valence-electron chi connectivity index (χ4n) is 3.08. The minimum absolute atomic E-state index is 0.0399. The first-order valence-corrected chi connectivity index (χ1v) is 9.81. The highest BCUT2D eigenvalue weighted by Crippen LogP contribution is 2.35. The van der Waals surface area contributed by atoms with Crippen LogP contribution in [-0.4, -0.2) is 31.1 Å². The largest absolute Gasteiger partial charge is 0.497 e. The Labute approximate surface area is 185 Å². The van der Waals surface area contributed by atoms with Crippen LogP contribution in [0, 0.1) is 0 Å². The number of hydrogen-bond acceptors (Lipinski definition) is 5. The van der Waals surface area contributed by atoms with Gasteiger partial charge in [-0.1, -0.05) is 35.9 Å². The van der Waals surface area contributed by atoms with Crippen LogP contribution in [0.5, 0.6) is 5.75 Å². The molecule has 0 aliphatic rings. The summed E-state index contributed by atoms with van der Waals surface area (Å²) in [6, 6.07) is 18.1. The number of nitrogens with zero attached hydrogens (tertiary/aromatic N) is 2. The zero-order chi connectivity index (χ0) is 22.4. The summed E-state index contributed by atoms with van der Waals surface area (Å²) in [4.78, 5) is 21.2. The summed E-state index contributed by atoms with van der Waals surface area (Å²) in [6.45, 7) is 1.92. The summed E-state index contributed by atoms with van der Waals surface area (Å²) in [5.41, 5.74) is 7.57. The van der Waals surface area contributed by atoms with Gasteiger partial charge in [0.2, 0.25) is 0 Å². The van der Waals surface area contributed by atoms with Crippen LogP contribution in [0.1, 0.15) is 28.5 Å². The van der Waals surface area contributed by atoms with E-state index in [0.717, 1.165) is 16.9 Å². The van der Waals surface area contributed by atoms with E-state index in [0.29, 0.717) is 10.7 Å². The van der Waals surface area contributed by atoms with Crippen molar-refractivity contribution >= 4 is 29.2 Å². The molecule has 160 valence electrons. The van der Waals surface area contributed by atoms with Crippen molar-refractivity contribution in [1.29, 1.82) is 0 Å². The smallest absolute Gasteiger partial charge is 0.282 e. The van der Waals surface area contributed by atoms with Crippen molar-refractivity contribution in [2.75, 3.05) is 19.5 Å². The molecule has 0 aliphatic heterocycles. The summed E-state index contributed by atoms with van der Waals surface area (Å²) in [6.07, 6.45) is 1.43. The maximum Gasteiger partial charge on any atom is 0.282 e. The second-order valence-electron chi connectivity index (χ2n) is 6.85. The number of nitrogens with two attached hydrogens (primary N) is 1. The topological polar surface area (TPSA) is 98.8 Å². The molecule has 1 unspecified atom stereocenters. The van der Waals surface area contributed by atoms with E-state index in [1.807, 2.05) is 49.4 Å². The first-order chi connectivity index (χ1) is 14.9. The summed E-state index contributed by atoms with van der Waals surface area (Å²) in [5.74, 6) is 0.381. The molecule has 0 aliphatic carbocycles. The second-order valence-corrected chi connectivity index (χ2v) is 7.29. The van der Waals surface area contributed by atoms with Gasteiger partial charge < -0.3 is 20.5 Å². The molecule has 1 amide bonds. The summed E-state index contributed by atoms with van der Waals surface area (Å²) >= 11 is 5.84. The molecule has 31 heavy (non-hydrogen) atoms. The summed E-state index contributed by atoms with van der Waals surface area (Å²) in [5, 5.41) is 3.31. The van der Waals surface area contributed by atoms with Gasteiger partial charge in [-0.25, -0.2) is 9.98 Å². The number of methoxy groups -OCH3 is 2. The van der Waals surface area contributed by atoms with Crippen molar-refractivity contribution in [2.24, 2.45) is 10.7 Å². The Morgan fingerprint density at radius 2 is 1.84 bits per heavy atom. The van der Waals surface area contributed by atoms with E-state index in [-0.39, 0.29) is 17.6 Å². The number of hydrogen-bond donors (Lipinski definition) is 2. The van der Waals surface area contributed by atoms with Crippen molar-refractivity contribution in [3.8, 4) is 5.75 Å². The molecular weight excluding hydrogens is 416 g/mol. The Morgan fingerprint density at radius 3 is 2.45 bits per heavy atom. The highest BCUT2D eigenvalue weighted by atomic mass is 35.5. The van der Waals surface area contributed by atoms with Gasteiger partial charge in [0.1, 0.15) is 17.0 Å². The Hall–Kier alpha value is -3.58. The second kappa shape index (κ2) is 9.49. The van der Waals surface area contributed by atoms with Crippen molar-refractivity contribution in [3.63, 3.8) is 0 Å². The van der Waals surface area contributed by atoms with Gasteiger partial charge in [-0.05, 0) is 54.4 Å². The van der Waals surface area contributed by atoms with Crippen molar-refractivity contribution in [3.05, 3.63) is 88.7 Å². The van der Waals surface area contributed by atoms with Gasteiger partial charge in [0.25, 0.3) is 11.9 Å². The summed E-state index contributed by atoms with van der Waals surface area (Å²) < 4.78 is 10.4. The number of aliphatic imine (C=N–C) groups is 1. The van der Waals surface area contributed by atoms with Crippen LogP contribution in [0.2, 0.25) is 5.02 Å². The minimum Gasteiger partial charge on any atom is -0.497 e. The quantitative estimate of drug-likeness (QED) is 0.443. The van der Waals surface area contributed by atoms with Gasteiger partial charge in [0, 0.05) is 11.9 Å². The Bertz CT molecular complexity index is 1080. The number of benzene rings is 2. The molecule has 0 radical (unpaired) electrons. The predicted octanol–water partition coefficient (Wildman–Crippen LogP) is 4.22. The number of nitrogens with one attached hydrogen (secondary N) is 1. The molecule has 3 N–H and O–H groups in total. The van der Waals surface area contributed by atoms with E-state index in [9.17, 15) is 4.79 Å². The fraction of sp³-hybridized carbons (Fsp3) is 0.174. The number of ether oxygens (including phenoxy) is 2. The molecule has 1 aromatic heterocycles. The molecule has 7 nitrogen and oxygen atoms in total. The number of pyridine rings is 1. The van der Waals surface area contributed by atoms with Crippen molar-refractivity contribution in [2.45, 2.75) is 12.5 Å². The molecule has 1 heterocycles. The van der Waals surface area contributed by atoms with Crippen LogP contribution in [-0.2, 0) is 10.3 Å². The van der Waals surface area contributed by atoms with Crippen molar-refractivity contribution < 1.29 is 14.3 Å². The molecule has 1 atom stereocenters. The number of amidine groups is 1. The van der Waals surface area contributed by atoms with Gasteiger partial charge in [-0.3, -0.25) is 4.79 Å². The van der Waals surface area contributed by atoms with Crippen LogP contribution >= 0.6 is 11.6 Å². The maximum atomic E-state index is 12.6. The summed E-state index contributed by atoms with van der Waals surface area (Å²) in [7, 11) is 3.07. The van der Waals surface area contributed by atoms with E-state index in [1.165, 1.54) is 13.3 Å². The van der Waals surface area contributed by atoms with Crippen LogP contribution in [0.4, 0.5) is 5.69 Å². The molecule has 0 spiro atoms. The Morgan fingerprint density at radius 1 is 1.10 bits per heavy atom. The first kappa shape index (κ1) is 22.1. The minimum atomic E-state index is -0.869. The Balaban J connectivity index is 1.98. The number of amides is 1. The number of rotatable bonds is 6. The first-order valence-electron chi connectivity index (χ1n) is 9.43. The third-order valence-electron chi connectivity index (χ3n) is 4.84. The lowest BCUT2D eigenvalue weighted by Crippen LogP contribution is -2.27. The Kier molecular flexibility index (Phi) is 6.77. The molecule has 3 aromatic rings. The molecular formula is C23H23ClN4O3. The zero-order valence-corrected chi connectivity index (χ0v) is 18.2. The van der Waals surface area contributed by atoms with Gasteiger partial charge in [0.05, 0.1) is 19.2 Å². The molecule has 0 fully saturated rings. The van der Waals surface area contributed by atoms with E-state index < -0.39 is 5.54 Å². The molecule has 0 saturated carbocycles. The van der Waals surface area contributed by atoms with E-state index in [4.69, 9.17) is 26.8 Å². The van der Waals surface area contributed by atoms with Gasteiger partial charge in [0.15, 0.2) is 0 Å². The van der Waals surface area contributed by atoms with E-state index in [1.54, 1.807) is 25.3 Å². The molecule has 8 heteroatoms. The van der Waals surface area contributed by atoms with Crippen molar-refractivity contribution in [1.82, 2.24) is 4.98 Å². The number of aromatic nitrogens is 1. The molecule has 0 bridgehead atoms. The lowest BCUT2D eigenvalue weighted by molar-refractivity contribution is 0.102. The van der Waals surface area contributed by atoms with E-state index >= 15 is 0 Å². The normalized spacial score (nSPS) is 13.2. The van der Waals surface area contributed by atoms with Crippen LogP contribution in [0.25, 0.3) is 0 Å². The lowest BCUT2D eigenvalue weighted by Gasteiger charge is -2.27. The third kappa shape index (κ3) is 5.13. The third-order valence-corrected chi connectivity index (χ3v) is 5.06. The van der Waals surface area contributed by atoms with Gasteiger partial charge >= 0.3 is 0 Å². The highest BCUT2D eigenvalue weighted by molar-refractivity contribution is 6.30. The van der Waals surface area contributed by atoms with Crippen LogP contribution in [0.3, 0.4) is 0 Å². The number of carbonyl (C=O) groups excluding carboxylic acids is 1. The standard InChI is InChI=1S/C23H23ClN4O3/c1-23(28-22(25)31-3,15-7-10-19(30-2)11-8-15)16-5-4-6-18(13-16)27-21(29)20-12-9-17(24)14-26-20/h4-14H,1-3H3,(H2,25,28)(H,27,29). The average Bonchev–Trinajstić information content (AvgIpc) is 2.79. The molecule has 3 rings (SSSR count). The zero-order valence-electron chi connectivity index (χ0n) is 17.4. The van der Waals surface area contributed by atoms with Crippen LogP contribution < -0.4 is 15.8 Å². The van der Waals surface area contributed by atoms with E-state index in [2.05, 4.69) is 15.3 Å². The molecule has 0 saturated heterocycles. The van der Waals surface area contributed by atoms with Crippen LogP contribution in [0.15, 0.2) is 71.9 Å². The fourth-order valence-corrected chi connectivity index (χ4v) is 3.19. The number of halogens is 1. The highest BCUT2D eigenvalue weighted by Gasteiger charge is 2.30. The maximum absolute atomic E-state index is 12.6.